The highest BCUT2D eigenvalue weighted by Gasteiger charge is 2.36. The fourth-order valence-electron chi connectivity index (χ4n) is 4.01. The van der Waals surface area contributed by atoms with Crippen molar-refractivity contribution in [3.05, 3.63) is 59.3 Å². The molecule has 0 saturated carbocycles. The normalized spacial score (nSPS) is 13.9. The van der Waals surface area contributed by atoms with Gasteiger partial charge in [-0.1, -0.05) is 37.2 Å². The second-order valence-corrected chi connectivity index (χ2v) is 8.86. The number of nitrogens with zero attached hydrogens (tertiary/aromatic N) is 3. The first-order valence-electron chi connectivity index (χ1n) is 10.9. The van der Waals surface area contributed by atoms with E-state index in [-0.39, 0.29) is 29.4 Å². The number of hydrogen-bond donors (Lipinski definition) is 1. The molecule has 1 aliphatic heterocycles. The number of rotatable bonds is 5. The van der Waals surface area contributed by atoms with Crippen LogP contribution in [-0.2, 0) is 11.0 Å². The second-order valence-electron chi connectivity index (χ2n) is 8.86. The Hall–Kier alpha value is -3.62. The number of anilines is 2. The van der Waals surface area contributed by atoms with Gasteiger partial charge in [0.2, 0.25) is 5.91 Å². The maximum Gasteiger partial charge on any atom is 0.418 e. The Morgan fingerprint density at radius 1 is 1.15 bits per heavy atom. The Morgan fingerprint density at radius 2 is 1.88 bits per heavy atom. The number of carbonyl (C=O) groups excluding carboxylic acids is 1. The molecular weight excluding hydrogens is 445 g/mol. The molecule has 0 atom stereocenters. The predicted molar refractivity (Wildman–Crippen MR) is 126 cm³/mol. The highest BCUT2D eigenvalue weighted by molar-refractivity contribution is 6.17. The van der Waals surface area contributed by atoms with E-state index < -0.39 is 17.6 Å². The van der Waals surface area contributed by atoms with E-state index in [1.807, 2.05) is 39.0 Å². The molecule has 2 heterocycles. The van der Waals surface area contributed by atoms with Crippen LogP contribution in [0.5, 0.6) is 0 Å². The molecule has 1 aliphatic rings. The first-order valence-corrected chi connectivity index (χ1v) is 10.9. The molecule has 0 radical (unpaired) electrons. The molecule has 0 saturated heterocycles. The topological polar surface area (TPSA) is 70.7 Å². The van der Waals surface area contributed by atoms with Crippen LogP contribution in [0.2, 0.25) is 0 Å². The maximum absolute atomic E-state index is 13.9. The summed E-state index contributed by atoms with van der Waals surface area (Å²) >= 11 is 0. The number of benzene rings is 2. The van der Waals surface area contributed by atoms with Crippen LogP contribution in [0.4, 0.5) is 30.2 Å². The molecule has 0 fully saturated rings. The van der Waals surface area contributed by atoms with Crippen molar-refractivity contribution < 1.29 is 22.5 Å². The summed E-state index contributed by atoms with van der Waals surface area (Å²) < 4.78 is 47.0. The number of fused-ring (bicyclic) bond motifs is 1. The number of aliphatic imine (C=N–C) groups is 1. The second kappa shape index (κ2) is 8.96. The third-order valence-electron chi connectivity index (χ3n) is 5.44. The lowest BCUT2D eigenvalue weighted by Gasteiger charge is -2.26. The van der Waals surface area contributed by atoms with Crippen molar-refractivity contribution in [2.75, 3.05) is 23.8 Å². The van der Waals surface area contributed by atoms with Crippen molar-refractivity contribution in [2.24, 2.45) is 10.9 Å². The summed E-state index contributed by atoms with van der Waals surface area (Å²) in [5.41, 5.74) is 2.14. The van der Waals surface area contributed by atoms with Crippen LogP contribution >= 0.6 is 0 Å². The fourth-order valence-corrected chi connectivity index (χ4v) is 4.01. The van der Waals surface area contributed by atoms with E-state index in [4.69, 9.17) is 4.52 Å². The summed E-state index contributed by atoms with van der Waals surface area (Å²) in [6, 6.07) is 11.5. The van der Waals surface area contributed by atoms with Gasteiger partial charge in [-0.2, -0.15) is 13.2 Å². The SMILES string of the molecule is Cc1cc(-c2cccc(C3=Nc4cc(N(C)CC(C)C)c(C(F)(F)F)cc4NC(=O)C3)c2)on1. The summed E-state index contributed by atoms with van der Waals surface area (Å²) in [6.07, 6.45) is -4.66. The molecule has 2 aromatic carbocycles. The standard InChI is InChI=1S/C25H25F3N4O2/c1-14(2)13-32(4)22-11-21-20(10-18(22)25(26,27)28)30-24(33)12-19(29-21)16-6-5-7-17(9-16)23-8-15(3)31-34-23/h5-11,14H,12-13H2,1-4H3,(H,30,33). The summed E-state index contributed by atoms with van der Waals surface area (Å²) in [5, 5.41) is 6.49. The fraction of sp³-hybridized carbons (Fsp3) is 0.320. The molecule has 0 spiro atoms. The zero-order chi connectivity index (χ0) is 24.6. The third-order valence-corrected chi connectivity index (χ3v) is 5.44. The third kappa shape index (κ3) is 4.98. The van der Waals surface area contributed by atoms with Crippen LogP contribution in [0, 0.1) is 12.8 Å². The van der Waals surface area contributed by atoms with Crippen molar-refractivity contribution >= 4 is 28.7 Å². The number of alkyl halides is 3. The number of aryl methyl sites for hydroxylation is 1. The molecule has 3 aromatic rings. The van der Waals surface area contributed by atoms with E-state index in [0.29, 0.717) is 23.6 Å². The molecular formula is C25H25F3N4O2. The van der Waals surface area contributed by atoms with Crippen LogP contribution in [-0.4, -0.2) is 30.4 Å². The molecule has 0 aliphatic carbocycles. The minimum atomic E-state index is -4.58. The lowest BCUT2D eigenvalue weighted by Crippen LogP contribution is -2.25. The predicted octanol–water partition coefficient (Wildman–Crippen LogP) is 6.22. The lowest BCUT2D eigenvalue weighted by molar-refractivity contribution is -0.137. The van der Waals surface area contributed by atoms with Crippen LogP contribution in [0.15, 0.2) is 52.0 Å². The van der Waals surface area contributed by atoms with Gasteiger partial charge in [0.25, 0.3) is 0 Å². The Bertz CT molecular complexity index is 1260. The largest absolute Gasteiger partial charge is 0.418 e. The van der Waals surface area contributed by atoms with Crippen molar-refractivity contribution in [1.29, 1.82) is 0 Å². The Labute approximate surface area is 195 Å². The Kier molecular flexibility index (Phi) is 6.20. The van der Waals surface area contributed by atoms with E-state index in [9.17, 15) is 18.0 Å². The number of nitrogens with one attached hydrogen (secondary N) is 1. The Balaban J connectivity index is 1.82. The lowest BCUT2D eigenvalue weighted by atomic mass is 10.0. The molecule has 4 rings (SSSR count). The molecule has 9 heteroatoms. The molecule has 1 aromatic heterocycles. The average molecular weight is 470 g/mol. The van der Waals surface area contributed by atoms with E-state index in [2.05, 4.69) is 15.5 Å². The minimum absolute atomic E-state index is 0.0186. The van der Waals surface area contributed by atoms with E-state index >= 15 is 0 Å². The number of amides is 1. The first kappa shape index (κ1) is 23.5. The van der Waals surface area contributed by atoms with Crippen LogP contribution < -0.4 is 10.2 Å². The highest BCUT2D eigenvalue weighted by atomic mass is 19.4. The molecule has 178 valence electrons. The quantitative estimate of drug-likeness (QED) is 0.480. The van der Waals surface area contributed by atoms with Gasteiger partial charge in [0.05, 0.1) is 40.5 Å². The zero-order valence-corrected chi connectivity index (χ0v) is 19.3. The smallest absolute Gasteiger partial charge is 0.374 e. The molecule has 0 bridgehead atoms. The number of halogens is 3. The van der Waals surface area contributed by atoms with Gasteiger partial charge in [-0.05, 0) is 36.6 Å². The van der Waals surface area contributed by atoms with Crippen LogP contribution in [0.1, 0.15) is 37.1 Å². The van der Waals surface area contributed by atoms with Gasteiger partial charge in [-0.25, -0.2) is 0 Å². The van der Waals surface area contributed by atoms with Gasteiger partial charge in [-0.3, -0.25) is 9.79 Å². The van der Waals surface area contributed by atoms with Gasteiger partial charge in [0.1, 0.15) is 0 Å². The molecule has 0 unspecified atom stereocenters. The number of aromatic nitrogens is 1. The van der Waals surface area contributed by atoms with Crippen molar-refractivity contribution in [1.82, 2.24) is 5.16 Å². The Morgan fingerprint density at radius 3 is 2.53 bits per heavy atom. The molecule has 1 N–H and O–H groups in total. The number of hydrogen-bond acceptors (Lipinski definition) is 5. The van der Waals surface area contributed by atoms with Gasteiger partial charge in [-0.15, -0.1) is 0 Å². The average Bonchev–Trinajstić information content (AvgIpc) is 3.11. The van der Waals surface area contributed by atoms with E-state index in [1.165, 1.54) is 6.07 Å². The van der Waals surface area contributed by atoms with Gasteiger partial charge >= 0.3 is 6.18 Å². The van der Waals surface area contributed by atoms with Gasteiger partial charge in [0.15, 0.2) is 5.76 Å². The van der Waals surface area contributed by atoms with Gasteiger partial charge in [0, 0.05) is 25.2 Å². The summed E-state index contributed by atoms with van der Waals surface area (Å²) in [5.74, 6) is 0.298. The minimum Gasteiger partial charge on any atom is -0.374 e. The first-order chi connectivity index (χ1) is 16.0. The summed E-state index contributed by atoms with van der Waals surface area (Å²) in [7, 11) is 1.62. The molecule has 34 heavy (non-hydrogen) atoms. The van der Waals surface area contributed by atoms with Crippen molar-refractivity contribution in [3.63, 3.8) is 0 Å². The van der Waals surface area contributed by atoms with E-state index in [0.717, 1.165) is 17.3 Å². The zero-order valence-electron chi connectivity index (χ0n) is 19.3. The van der Waals surface area contributed by atoms with E-state index in [1.54, 1.807) is 24.1 Å². The summed E-state index contributed by atoms with van der Waals surface area (Å²) in [4.78, 5) is 18.8. The van der Waals surface area contributed by atoms with Crippen molar-refractivity contribution in [3.8, 4) is 11.3 Å². The van der Waals surface area contributed by atoms with Crippen molar-refractivity contribution in [2.45, 2.75) is 33.4 Å². The van der Waals surface area contributed by atoms with Crippen LogP contribution in [0.25, 0.3) is 11.3 Å². The van der Waals surface area contributed by atoms with Crippen LogP contribution in [0.3, 0.4) is 0 Å². The number of carbonyl (C=O) groups is 1. The maximum atomic E-state index is 13.9. The van der Waals surface area contributed by atoms with Gasteiger partial charge < -0.3 is 14.7 Å². The summed E-state index contributed by atoms with van der Waals surface area (Å²) in [6.45, 7) is 6.12. The molecule has 1 amide bonds. The molecule has 6 nitrogen and oxygen atoms in total. The highest BCUT2D eigenvalue weighted by Crippen LogP contribution is 2.43. The monoisotopic (exact) mass is 470 g/mol.